The minimum absolute atomic E-state index is 0.00556. The molecule has 2 amide bonds. The molecule has 1 aliphatic carbocycles. The quantitative estimate of drug-likeness (QED) is 0.814. The highest BCUT2D eigenvalue weighted by molar-refractivity contribution is 7.14. The van der Waals surface area contributed by atoms with Crippen molar-refractivity contribution in [2.75, 3.05) is 18.0 Å². The van der Waals surface area contributed by atoms with E-state index < -0.39 is 0 Å². The lowest BCUT2D eigenvalue weighted by molar-refractivity contribution is -0.120. The molecule has 3 rings (SSSR count). The molecule has 2 heterocycles. The topological polar surface area (TPSA) is 62.3 Å². The summed E-state index contributed by atoms with van der Waals surface area (Å²) >= 11 is 1.44. The molecular formula is C17H23N3O2S. The van der Waals surface area contributed by atoms with Gasteiger partial charge in [0.15, 0.2) is 5.13 Å². The Bertz CT molecular complexity index is 609. The highest BCUT2D eigenvalue weighted by Gasteiger charge is 2.24. The standard InChI is InChI=1S/C17H23N3O2S/c21-15(18-9-8-13-5-2-1-3-6-13)11-14-12-23-17(19-14)20-10-4-7-16(20)22/h5,12H,1-4,6-11H2,(H,18,21). The van der Waals surface area contributed by atoms with E-state index in [1.54, 1.807) is 4.90 Å². The van der Waals surface area contributed by atoms with Gasteiger partial charge in [-0.3, -0.25) is 14.5 Å². The molecule has 0 aromatic carbocycles. The van der Waals surface area contributed by atoms with Gasteiger partial charge in [-0.25, -0.2) is 4.98 Å². The zero-order valence-corrected chi connectivity index (χ0v) is 14.2. The van der Waals surface area contributed by atoms with Gasteiger partial charge in [0.05, 0.1) is 12.1 Å². The highest BCUT2D eigenvalue weighted by atomic mass is 32.1. The van der Waals surface area contributed by atoms with Crippen molar-refractivity contribution in [2.45, 2.75) is 51.4 Å². The van der Waals surface area contributed by atoms with E-state index in [9.17, 15) is 9.59 Å². The Kier molecular flexibility index (Phi) is 5.43. The number of nitrogens with one attached hydrogen (secondary N) is 1. The van der Waals surface area contributed by atoms with Crippen LogP contribution in [0.3, 0.4) is 0 Å². The molecule has 1 aromatic rings. The first-order valence-electron chi connectivity index (χ1n) is 8.42. The summed E-state index contributed by atoms with van der Waals surface area (Å²) < 4.78 is 0. The predicted molar refractivity (Wildman–Crippen MR) is 91.6 cm³/mol. The SMILES string of the molecule is O=C(Cc1csc(N2CCCC2=O)n1)NCCC1=CCCCC1. The van der Waals surface area contributed by atoms with E-state index in [1.165, 1.54) is 42.6 Å². The third-order valence-corrected chi connectivity index (χ3v) is 5.25. The number of hydrogen-bond donors (Lipinski definition) is 1. The fraction of sp³-hybridized carbons (Fsp3) is 0.588. The first kappa shape index (κ1) is 16.2. The number of allylic oxidation sites excluding steroid dienone is 1. The normalized spacial score (nSPS) is 18.2. The zero-order chi connectivity index (χ0) is 16.1. The van der Waals surface area contributed by atoms with Crippen molar-refractivity contribution in [3.63, 3.8) is 0 Å². The molecular weight excluding hydrogens is 310 g/mol. The Morgan fingerprint density at radius 3 is 2.96 bits per heavy atom. The van der Waals surface area contributed by atoms with Crippen LogP contribution >= 0.6 is 11.3 Å². The van der Waals surface area contributed by atoms with Gasteiger partial charge in [0.25, 0.3) is 0 Å². The van der Waals surface area contributed by atoms with Crippen LogP contribution in [0.1, 0.15) is 50.6 Å². The van der Waals surface area contributed by atoms with E-state index in [2.05, 4.69) is 16.4 Å². The molecule has 0 bridgehead atoms. The van der Waals surface area contributed by atoms with Gasteiger partial charge < -0.3 is 5.32 Å². The second kappa shape index (κ2) is 7.73. The molecule has 1 aromatic heterocycles. The molecule has 2 aliphatic rings. The maximum Gasteiger partial charge on any atom is 0.228 e. The molecule has 0 spiro atoms. The molecule has 0 unspecified atom stereocenters. The number of anilines is 1. The predicted octanol–water partition coefficient (Wildman–Crippen LogP) is 2.82. The second-order valence-electron chi connectivity index (χ2n) is 6.16. The van der Waals surface area contributed by atoms with Gasteiger partial charge in [-0.1, -0.05) is 11.6 Å². The fourth-order valence-electron chi connectivity index (χ4n) is 3.07. The zero-order valence-electron chi connectivity index (χ0n) is 13.3. The Morgan fingerprint density at radius 2 is 2.22 bits per heavy atom. The van der Waals surface area contributed by atoms with Crippen LogP contribution in [-0.4, -0.2) is 29.9 Å². The van der Waals surface area contributed by atoms with E-state index in [-0.39, 0.29) is 18.2 Å². The highest BCUT2D eigenvalue weighted by Crippen LogP contribution is 2.25. The number of hydrogen-bond acceptors (Lipinski definition) is 4. The number of rotatable bonds is 6. The van der Waals surface area contributed by atoms with Crippen molar-refractivity contribution in [1.82, 2.24) is 10.3 Å². The largest absolute Gasteiger partial charge is 0.355 e. The Labute approximate surface area is 140 Å². The number of carbonyl (C=O) groups is 2. The molecule has 124 valence electrons. The van der Waals surface area contributed by atoms with Crippen LogP contribution in [0.4, 0.5) is 5.13 Å². The number of aromatic nitrogens is 1. The lowest BCUT2D eigenvalue weighted by atomic mass is 9.97. The molecule has 0 atom stereocenters. The van der Waals surface area contributed by atoms with Gasteiger partial charge in [0.2, 0.25) is 11.8 Å². The Hall–Kier alpha value is -1.69. The molecule has 1 fully saturated rings. The van der Waals surface area contributed by atoms with Crippen molar-refractivity contribution in [2.24, 2.45) is 0 Å². The number of carbonyl (C=O) groups excluding carboxylic acids is 2. The Morgan fingerprint density at radius 1 is 1.30 bits per heavy atom. The first-order chi connectivity index (χ1) is 11.2. The summed E-state index contributed by atoms with van der Waals surface area (Å²) in [4.78, 5) is 29.9. The van der Waals surface area contributed by atoms with Crippen LogP contribution in [0, 0.1) is 0 Å². The molecule has 23 heavy (non-hydrogen) atoms. The summed E-state index contributed by atoms with van der Waals surface area (Å²) in [5.41, 5.74) is 2.22. The van der Waals surface area contributed by atoms with Crippen LogP contribution in [0.25, 0.3) is 0 Å². The summed E-state index contributed by atoms with van der Waals surface area (Å²) in [6.07, 6.45) is 9.98. The molecule has 5 nitrogen and oxygen atoms in total. The van der Waals surface area contributed by atoms with Gasteiger partial charge in [0, 0.05) is 24.9 Å². The molecule has 0 radical (unpaired) electrons. The van der Waals surface area contributed by atoms with Crippen molar-refractivity contribution < 1.29 is 9.59 Å². The number of nitrogens with zero attached hydrogens (tertiary/aromatic N) is 2. The summed E-state index contributed by atoms with van der Waals surface area (Å²) in [5, 5.41) is 5.57. The number of thiazole rings is 1. The van der Waals surface area contributed by atoms with Gasteiger partial charge in [-0.15, -0.1) is 11.3 Å². The third-order valence-electron chi connectivity index (χ3n) is 4.34. The average molecular weight is 333 g/mol. The minimum atomic E-state index is 0.00556. The molecule has 0 saturated carbocycles. The van der Waals surface area contributed by atoms with Crippen LogP contribution in [0.15, 0.2) is 17.0 Å². The van der Waals surface area contributed by atoms with E-state index in [1.807, 2.05) is 5.38 Å². The van der Waals surface area contributed by atoms with Gasteiger partial charge in [-0.2, -0.15) is 0 Å². The van der Waals surface area contributed by atoms with Crippen LogP contribution in [-0.2, 0) is 16.0 Å². The van der Waals surface area contributed by atoms with Crippen LogP contribution in [0.5, 0.6) is 0 Å². The van der Waals surface area contributed by atoms with E-state index >= 15 is 0 Å². The van der Waals surface area contributed by atoms with Crippen molar-refractivity contribution >= 4 is 28.3 Å². The van der Waals surface area contributed by atoms with Gasteiger partial charge >= 0.3 is 0 Å². The van der Waals surface area contributed by atoms with E-state index in [0.29, 0.717) is 13.0 Å². The van der Waals surface area contributed by atoms with Crippen molar-refractivity contribution in [3.8, 4) is 0 Å². The monoisotopic (exact) mass is 333 g/mol. The summed E-state index contributed by atoms with van der Waals surface area (Å²) in [6, 6.07) is 0. The first-order valence-corrected chi connectivity index (χ1v) is 9.30. The molecule has 6 heteroatoms. The lowest BCUT2D eigenvalue weighted by Crippen LogP contribution is -2.27. The second-order valence-corrected chi connectivity index (χ2v) is 6.99. The van der Waals surface area contributed by atoms with Crippen LogP contribution < -0.4 is 10.2 Å². The van der Waals surface area contributed by atoms with Gasteiger partial charge in [0.1, 0.15) is 0 Å². The molecule has 1 N–H and O–H groups in total. The number of amides is 2. The van der Waals surface area contributed by atoms with Gasteiger partial charge in [-0.05, 0) is 38.5 Å². The smallest absolute Gasteiger partial charge is 0.228 e. The molecule has 1 aliphatic heterocycles. The summed E-state index contributed by atoms with van der Waals surface area (Å²) in [5.74, 6) is 0.141. The van der Waals surface area contributed by atoms with E-state index in [0.717, 1.165) is 30.2 Å². The summed E-state index contributed by atoms with van der Waals surface area (Å²) in [7, 11) is 0. The van der Waals surface area contributed by atoms with Crippen LogP contribution in [0.2, 0.25) is 0 Å². The van der Waals surface area contributed by atoms with E-state index in [4.69, 9.17) is 0 Å². The minimum Gasteiger partial charge on any atom is -0.355 e. The third kappa shape index (κ3) is 4.41. The average Bonchev–Trinajstić information content (AvgIpc) is 3.17. The molecule has 1 saturated heterocycles. The lowest BCUT2D eigenvalue weighted by Gasteiger charge is -2.12. The maximum absolute atomic E-state index is 12.0. The van der Waals surface area contributed by atoms with Crippen molar-refractivity contribution in [1.29, 1.82) is 0 Å². The van der Waals surface area contributed by atoms with Crippen molar-refractivity contribution in [3.05, 3.63) is 22.7 Å². The summed E-state index contributed by atoms with van der Waals surface area (Å²) in [6.45, 7) is 1.44. The fourth-order valence-corrected chi connectivity index (χ4v) is 3.94. The Balaban J connectivity index is 1.43. The maximum atomic E-state index is 12.0.